The predicted octanol–water partition coefficient (Wildman–Crippen LogP) is 10.6. The lowest BCUT2D eigenvalue weighted by Crippen LogP contribution is -2.36. The van der Waals surface area contributed by atoms with Crippen molar-refractivity contribution in [1.82, 2.24) is 0 Å². The third-order valence-corrected chi connectivity index (χ3v) is 16.3. The fourth-order valence-electron chi connectivity index (χ4n) is 10.1. The highest BCUT2D eigenvalue weighted by Gasteiger charge is 2.52. The molecule has 0 saturated carbocycles. The van der Waals surface area contributed by atoms with Crippen LogP contribution in [0.4, 0.5) is 0 Å². The Hall–Kier alpha value is -8.14. The third-order valence-electron chi connectivity index (χ3n) is 15.1. The van der Waals surface area contributed by atoms with Gasteiger partial charge in [-0.25, -0.2) is 28.8 Å². The lowest BCUT2D eigenvalue weighted by molar-refractivity contribution is -0.138. The van der Waals surface area contributed by atoms with Crippen LogP contribution in [0, 0.1) is 0 Å². The molecule has 0 radical (unpaired) electrons. The van der Waals surface area contributed by atoms with E-state index in [1.165, 1.54) is 72.8 Å². The first-order chi connectivity index (χ1) is 46.5. The number of halogens is 2. The molecule has 0 amide bonds. The number of carbonyl (C=O) groups is 10. The summed E-state index contributed by atoms with van der Waals surface area (Å²) in [5.74, 6) is -3.59. The van der Waals surface area contributed by atoms with Crippen molar-refractivity contribution in [3.05, 3.63) is 145 Å². The van der Waals surface area contributed by atoms with Gasteiger partial charge in [-0.15, -0.1) is 0 Å². The van der Waals surface area contributed by atoms with Crippen LogP contribution in [0.15, 0.2) is 122 Å². The predicted molar refractivity (Wildman–Crippen MR) is 348 cm³/mol. The topological polar surface area (TPSA) is 300 Å². The molecule has 8 rings (SSSR count). The summed E-state index contributed by atoms with van der Waals surface area (Å²) in [6.07, 6.45) is 7.09. The number of ether oxygens (including phenoxy) is 14. The SMILES string of the molecule is C=CC(=O)OCCCCCC(=O)Oc1ccc(C(=O)O[C@H]2CO[C@H]3[C@@H]2OC[C@H]3OC(=O)c2ccc(OC(=O)CCCCCOC(=O)C=C)cc2)cc1.O=C(CCCCCBr)Oc1ccc(C(=O)O[C@H]2CO[C@H]3[C@@H]2OC[C@H]3OC(=O)c2ccc(OC(=O)CCCCCBr)cc2)cc1. The number of hydrogen-bond acceptors (Lipinski definition) is 24. The molecule has 0 aromatic heterocycles. The summed E-state index contributed by atoms with van der Waals surface area (Å²) in [6, 6.07) is 24.2. The van der Waals surface area contributed by atoms with Gasteiger partial charge in [0.25, 0.3) is 0 Å². The van der Waals surface area contributed by atoms with E-state index in [1.54, 1.807) is 24.3 Å². The van der Waals surface area contributed by atoms with Crippen LogP contribution in [-0.2, 0) is 76.1 Å². The number of rotatable bonds is 36. The summed E-state index contributed by atoms with van der Waals surface area (Å²) in [4.78, 5) is 122. The second-order valence-corrected chi connectivity index (χ2v) is 23.9. The van der Waals surface area contributed by atoms with E-state index in [1.807, 2.05) is 0 Å². The Balaban J connectivity index is 0.000000275. The van der Waals surface area contributed by atoms with E-state index in [0.29, 0.717) is 62.9 Å². The number of esters is 10. The van der Waals surface area contributed by atoms with Crippen molar-refractivity contribution in [1.29, 1.82) is 0 Å². The van der Waals surface area contributed by atoms with Gasteiger partial charge in [-0.1, -0.05) is 57.9 Å². The average Bonchev–Trinajstić information content (AvgIpc) is 1.66. The molecule has 8 atom stereocenters. The summed E-state index contributed by atoms with van der Waals surface area (Å²) in [6.45, 7) is 7.44. The van der Waals surface area contributed by atoms with E-state index in [0.717, 1.165) is 61.3 Å². The summed E-state index contributed by atoms with van der Waals surface area (Å²) >= 11 is 6.73. The molecule has 4 fully saturated rings. The minimum atomic E-state index is -0.734. The molecule has 0 unspecified atom stereocenters. The zero-order chi connectivity index (χ0) is 68.6. The fourth-order valence-corrected chi connectivity index (χ4v) is 10.9. The maximum atomic E-state index is 12.9. The fraction of sp³-hybridized carbons (Fsp3) is 0.457. The summed E-state index contributed by atoms with van der Waals surface area (Å²) in [5, 5.41) is 1.81. The van der Waals surface area contributed by atoms with Crippen molar-refractivity contribution >= 4 is 91.6 Å². The summed E-state index contributed by atoms with van der Waals surface area (Å²) in [5.41, 5.74) is 1.04. The van der Waals surface area contributed by atoms with Crippen LogP contribution in [0.1, 0.15) is 144 Å². The molecule has 516 valence electrons. The van der Waals surface area contributed by atoms with Gasteiger partial charge in [0.2, 0.25) is 0 Å². The third kappa shape index (κ3) is 24.8. The quantitative estimate of drug-likeness (QED) is 0.0102. The number of hydrogen-bond donors (Lipinski definition) is 0. The van der Waals surface area contributed by atoms with E-state index in [2.05, 4.69) is 45.0 Å². The standard InChI is InChI=1S/C38H42O14.C32H36Br2O10/c1-3-31(39)45-21-9-5-7-11-33(41)49-27-17-13-25(14-18-27)37(43)51-29-23-47-36-30(24-48-35(29)36)52-38(44)26-15-19-28(20-16-26)50-34(42)12-8-6-10-22-46-32(40)4-2;33-17-5-1-3-7-27(35)41-23-13-9-21(10-14-23)31(37)43-25-19-39-30-26(20-40-29(25)30)44-32(38)22-11-15-24(16-12-22)42-28(36)8-4-2-6-18-34/h3-4,13-20,29-30,35-36H,1-2,5-12,21-24H2;9-16,25-26,29-30H,1-8,17-20H2/t29-,30+,35-,36-;25-,26+,29-,30-/m11/s1. The van der Waals surface area contributed by atoms with Gasteiger partial charge in [0.05, 0.1) is 61.9 Å². The maximum absolute atomic E-state index is 12.9. The Morgan fingerprint density at radius 1 is 0.344 bits per heavy atom. The van der Waals surface area contributed by atoms with E-state index in [-0.39, 0.29) is 98.2 Å². The first-order valence-electron chi connectivity index (χ1n) is 31.8. The first-order valence-corrected chi connectivity index (χ1v) is 34.0. The molecule has 4 aromatic rings. The highest BCUT2D eigenvalue weighted by atomic mass is 79.9. The van der Waals surface area contributed by atoms with Crippen molar-refractivity contribution in [2.75, 3.05) is 50.3 Å². The van der Waals surface area contributed by atoms with Gasteiger partial charge in [-0.2, -0.15) is 0 Å². The largest absolute Gasteiger partial charge is 0.463 e. The van der Waals surface area contributed by atoms with E-state index >= 15 is 0 Å². The minimum absolute atomic E-state index is 0.0460. The van der Waals surface area contributed by atoms with E-state index in [4.69, 9.17) is 66.3 Å². The Kier molecular flexibility index (Phi) is 31.7. The van der Waals surface area contributed by atoms with Gasteiger partial charge in [0.15, 0.2) is 24.4 Å². The number of benzene rings is 4. The second-order valence-electron chi connectivity index (χ2n) is 22.3. The molecule has 4 heterocycles. The normalized spacial score (nSPS) is 19.5. The Bertz CT molecular complexity index is 3030. The summed E-state index contributed by atoms with van der Waals surface area (Å²) in [7, 11) is 0. The van der Waals surface area contributed by atoms with Crippen molar-refractivity contribution in [2.24, 2.45) is 0 Å². The number of alkyl halides is 2. The zero-order valence-electron chi connectivity index (χ0n) is 52.9. The van der Waals surface area contributed by atoms with E-state index < -0.39 is 96.6 Å². The first kappa shape index (κ1) is 75.2. The molecular formula is C70H78Br2O24. The van der Waals surface area contributed by atoms with Crippen molar-refractivity contribution in [2.45, 2.75) is 152 Å². The molecule has 26 heteroatoms. The Morgan fingerprint density at radius 3 is 0.792 bits per heavy atom. The molecule has 0 N–H and O–H groups in total. The van der Waals surface area contributed by atoms with Crippen LogP contribution in [0.5, 0.6) is 23.0 Å². The van der Waals surface area contributed by atoms with Gasteiger partial charge >= 0.3 is 59.7 Å². The van der Waals surface area contributed by atoms with Gasteiger partial charge in [-0.05, 0) is 161 Å². The molecule has 4 aromatic carbocycles. The van der Waals surface area contributed by atoms with Gasteiger partial charge in [0, 0.05) is 48.5 Å². The van der Waals surface area contributed by atoms with Crippen LogP contribution >= 0.6 is 31.9 Å². The summed E-state index contributed by atoms with van der Waals surface area (Å²) < 4.78 is 76.8. The van der Waals surface area contributed by atoms with Gasteiger partial charge in [-0.3, -0.25) is 19.2 Å². The van der Waals surface area contributed by atoms with Gasteiger partial charge < -0.3 is 66.3 Å². The van der Waals surface area contributed by atoms with Crippen LogP contribution < -0.4 is 18.9 Å². The molecule has 0 bridgehead atoms. The molecule has 4 saturated heterocycles. The van der Waals surface area contributed by atoms with Crippen molar-refractivity contribution in [3.63, 3.8) is 0 Å². The smallest absolute Gasteiger partial charge is 0.338 e. The number of carbonyl (C=O) groups excluding carboxylic acids is 10. The Labute approximate surface area is 572 Å². The molecule has 4 aliphatic rings. The second kappa shape index (κ2) is 40.4. The van der Waals surface area contributed by atoms with Crippen LogP contribution in [0.3, 0.4) is 0 Å². The number of unbranched alkanes of at least 4 members (excludes halogenated alkanes) is 8. The highest BCUT2D eigenvalue weighted by molar-refractivity contribution is 9.09. The van der Waals surface area contributed by atoms with E-state index in [9.17, 15) is 47.9 Å². The van der Waals surface area contributed by atoms with Crippen LogP contribution in [0.2, 0.25) is 0 Å². The lowest BCUT2D eigenvalue weighted by atomic mass is 10.1. The molecule has 0 spiro atoms. The van der Waals surface area contributed by atoms with Crippen molar-refractivity contribution in [3.8, 4) is 23.0 Å². The minimum Gasteiger partial charge on any atom is -0.463 e. The average molecular weight is 1460 g/mol. The lowest BCUT2D eigenvalue weighted by Gasteiger charge is -2.17. The molecular weight excluding hydrogens is 1380 g/mol. The zero-order valence-corrected chi connectivity index (χ0v) is 56.1. The number of fused-ring (bicyclic) bond motifs is 2. The maximum Gasteiger partial charge on any atom is 0.338 e. The van der Waals surface area contributed by atoms with Gasteiger partial charge in [0.1, 0.15) is 47.4 Å². The molecule has 24 nitrogen and oxygen atoms in total. The van der Waals surface area contributed by atoms with Crippen molar-refractivity contribution < 1.29 is 114 Å². The highest BCUT2D eigenvalue weighted by Crippen LogP contribution is 2.34. The molecule has 96 heavy (non-hydrogen) atoms. The van der Waals surface area contributed by atoms with Crippen LogP contribution in [0.25, 0.3) is 0 Å². The van der Waals surface area contributed by atoms with Crippen LogP contribution in [-0.4, -0.2) is 159 Å². The Morgan fingerprint density at radius 2 is 0.573 bits per heavy atom. The monoisotopic (exact) mass is 1460 g/mol. The molecule has 4 aliphatic heterocycles. The molecule has 0 aliphatic carbocycles.